The molecule has 0 aliphatic heterocycles. The first-order chi connectivity index (χ1) is 6.19. The summed E-state index contributed by atoms with van der Waals surface area (Å²) in [6, 6.07) is 5.75. The molecule has 0 fully saturated rings. The topological polar surface area (TPSA) is 61.3 Å². The van der Waals surface area contributed by atoms with Crippen molar-refractivity contribution in [1.29, 1.82) is 0 Å². The van der Waals surface area contributed by atoms with Gasteiger partial charge in [-0.15, -0.1) is 12.4 Å². The minimum atomic E-state index is -0.0779. The third kappa shape index (κ3) is 2.87. The number of benzene rings is 1. The van der Waals surface area contributed by atoms with Gasteiger partial charge in [0.25, 0.3) is 0 Å². The van der Waals surface area contributed by atoms with E-state index >= 15 is 0 Å². The average molecular weight is 217 g/mol. The molecule has 0 unspecified atom stereocenters. The molecular weight excluding hydrogens is 200 g/mol. The molecule has 0 aliphatic carbocycles. The lowest BCUT2D eigenvalue weighted by Gasteiger charge is -2.13. The van der Waals surface area contributed by atoms with Gasteiger partial charge in [0.2, 0.25) is 0 Å². The van der Waals surface area contributed by atoms with Crippen LogP contribution in [0.5, 0.6) is 5.75 Å². The summed E-state index contributed by atoms with van der Waals surface area (Å²) in [5.41, 5.74) is 13.5. The van der Waals surface area contributed by atoms with Crippen LogP contribution in [0, 0.1) is 6.92 Å². The van der Waals surface area contributed by atoms with Gasteiger partial charge in [-0.2, -0.15) is 0 Å². The maximum atomic E-state index is 5.82. The molecule has 4 N–H and O–H groups in total. The molecule has 0 aromatic heterocycles. The Morgan fingerprint density at radius 2 is 2.07 bits per heavy atom. The van der Waals surface area contributed by atoms with Gasteiger partial charge in [-0.05, 0) is 30.2 Å². The monoisotopic (exact) mass is 216 g/mol. The van der Waals surface area contributed by atoms with E-state index in [1.807, 2.05) is 25.1 Å². The molecule has 0 saturated carbocycles. The highest BCUT2D eigenvalue weighted by molar-refractivity contribution is 5.85. The maximum absolute atomic E-state index is 5.82. The van der Waals surface area contributed by atoms with Crippen LogP contribution in [0.3, 0.4) is 0 Å². The quantitative estimate of drug-likeness (QED) is 0.803. The highest BCUT2D eigenvalue weighted by Crippen LogP contribution is 2.20. The first-order valence-electron chi connectivity index (χ1n) is 4.29. The predicted octanol–water partition coefficient (Wildman–Crippen LogP) is 1.38. The standard InChI is InChI=1S/C10H16N2O.ClH/c1-7-5-8(13-2)3-4-9(7)10(12)6-11;/h3-5,10H,6,11-12H2,1-2H3;1H/t10-;/m1./s1. The van der Waals surface area contributed by atoms with Gasteiger partial charge in [-0.3, -0.25) is 0 Å². The number of methoxy groups -OCH3 is 1. The molecule has 0 spiro atoms. The van der Waals surface area contributed by atoms with Crippen molar-refractivity contribution >= 4 is 12.4 Å². The van der Waals surface area contributed by atoms with Crippen molar-refractivity contribution in [1.82, 2.24) is 0 Å². The van der Waals surface area contributed by atoms with Gasteiger partial charge >= 0.3 is 0 Å². The fourth-order valence-corrected chi connectivity index (χ4v) is 1.32. The van der Waals surface area contributed by atoms with E-state index in [0.29, 0.717) is 6.54 Å². The van der Waals surface area contributed by atoms with Crippen molar-refractivity contribution in [3.8, 4) is 5.75 Å². The summed E-state index contributed by atoms with van der Waals surface area (Å²) in [6.45, 7) is 2.47. The highest BCUT2D eigenvalue weighted by Gasteiger charge is 2.06. The molecular formula is C10H17ClN2O. The molecule has 0 radical (unpaired) electrons. The smallest absolute Gasteiger partial charge is 0.119 e. The van der Waals surface area contributed by atoms with Crippen LogP contribution in [0.25, 0.3) is 0 Å². The van der Waals surface area contributed by atoms with Crippen molar-refractivity contribution in [3.63, 3.8) is 0 Å². The molecule has 1 aromatic carbocycles. The Morgan fingerprint density at radius 1 is 1.43 bits per heavy atom. The predicted molar refractivity (Wildman–Crippen MR) is 61.0 cm³/mol. The van der Waals surface area contributed by atoms with E-state index in [-0.39, 0.29) is 18.4 Å². The second-order valence-electron chi connectivity index (χ2n) is 3.06. The Bertz CT molecular complexity index is 291. The van der Waals surface area contributed by atoms with Crippen LogP contribution >= 0.6 is 12.4 Å². The Kier molecular flexibility index (Phi) is 5.53. The van der Waals surface area contributed by atoms with Crippen LogP contribution in [0.15, 0.2) is 18.2 Å². The Balaban J connectivity index is 0.00000169. The van der Waals surface area contributed by atoms with Gasteiger partial charge in [-0.1, -0.05) is 6.07 Å². The normalized spacial score (nSPS) is 11.7. The second-order valence-corrected chi connectivity index (χ2v) is 3.06. The minimum Gasteiger partial charge on any atom is -0.497 e. The van der Waals surface area contributed by atoms with Gasteiger partial charge in [-0.25, -0.2) is 0 Å². The average Bonchev–Trinajstić information content (AvgIpc) is 2.16. The molecule has 4 heteroatoms. The van der Waals surface area contributed by atoms with Gasteiger partial charge in [0.15, 0.2) is 0 Å². The maximum Gasteiger partial charge on any atom is 0.119 e. The molecule has 0 heterocycles. The highest BCUT2D eigenvalue weighted by atomic mass is 35.5. The van der Waals surface area contributed by atoms with Crippen molar-refractivity contribution < 1.29 is 4.74 Å². The van der Waals surface area contributed by atoms with Gasteiger partial charge < -0.3 is 16.2 Å². The Labute approximate surface area is 90.8 Å². The molecule has 0 saturated heterocycles. The third-order valence-electron chi connectivity index (χ3n) is 2.13. The Morgan fingerprint density at radius 3 is 2.50 bits per heavy atom. The van der Waals surface area contributed by atoms with Crippen LogP contribution in [-0.2, 0) is 0 Å². The van der Waals surface area contributed by atoms with Crippen LogP contribution in [0.4, 0.5) is 0 Å². The van der Waals surface area contributed by atoms with Crippen molar-refractivity contribution in [2.75, 3.05) is 13.7 Å². The SMILES string of the molecule is COc1ccc([C@H](N)CN)c(C)c1.Cl. The third-order valence-corrected chi connectivity index (χ3v) is 2.13. The van der Waals surface area contributed by atoms with Crippen LogP contribution < -0.4 is 16.2 Å². The number of nitrogens with two attached hydrogens (primary N) is 2. The Hall–Kier alpha value is -0.770. The summed E-state index contributed by atoms with van der Waals surface area (Å²) >= 11 is 0. The number of ether oxygens (including phenoxy) is 1. The number of hydrogen-bond donors (Lipinski definition) is 2. The van der Waals surface area contributed by atoms with E-state index in [1.165, 1.54) is 0 Å². The molecule has 0 bridgehead atoms. The summed E-state index contributed by atoms with van der Waals surface area (Å²) in [5, 5.41) is 0. The fourth-order valence-electron chi connectivity index (χ4n) is 1.32. The summed E-state index contributed by atoms with van der Waals surface area (Å²) < 4.78 is 5.09. The fraction of sp³-hybridized carbons (Fsp3) is 0.400. The summed E-state index contributed by atoms with van der Waals surface area (Å²) in [6.07, 6.45) is 0. The molecule has 1 rings (SSSR count). The van der Waals surface area contributed by atoms with E-state index < -0.39 is 0 Å². The number of halogens is 1. The van der Waals surface area contributed by atoms with Crippen LogP contribution in [-0.4, -0.2) is 13.7 Å². The van der Waals surface area contributed by atoms with E-state index in [2.05, 4.69) is 0 Å². The zero-order valence-corrected chi connectivity index (χ0v) is 9.30. The van der Waals surface area contributed by atoms with Crippen LogP contribution in [0.2, 0.25) is 0 Å². The van der Waals surface area contributed by atoms with E-state index in [1.54, 1.807) is 7.11 Å². The lowest BCUT2D eigenvalue weighted by molar-refractivity contribution is 0.414. The lowest BCUT2D eigenvalue weighted by Crippen LogP contribution is -2.21. The van der Waals surface area contributed by atoms with E-state index in [4.69, 9.17) is 16.2 Å². The van der Waals surface area contributed by atoms with E-state index in [9.17, 15) is 0 Å². The first kappa shape index (κ1) is 13.2. The molecule has 1 atom stereocenters. The molecule has 14 heavy (non-hydrogen) atoms. The lowest BCUT2D eigenvalue weighted by atomic mass is 10.0. The summed E-state index contributed by atoms with van der Waals surface area (Å²) in [7, 11) is 1.65. The zero-order valence-electron chi connectivity index (χ0n) is 8.49. The number of rotatable bonds is 3. The van der Waals surface area contributed by atoms with Gasteiger partial charge in [0.1, 0.15) is 5.75 Å². The van der Waals surface area contributed by atoms with E-state index in [0.717, 1.165) is 16.9 Å². The zero-order chi connectivity index (χ0) is 9.84. The second kappa shape index (κ2) is 5.86. The molecule has 0 amide bonds. The number of aryl methyl sites for hydroxylation is 1. The first-order valence-corrected chi connectivity index (χ1v) is 4.29. The largest absolute Gasteiger partial charge is 0.497 e. The molecule has 1 aromatic rings. The molecule has 80 valence electrons. The molecule has 3 nitrogen and oxygen atoms in total. The van der Waals surface area contributed by atoms with Crippen LogP contribution in [0.1, 0.15) is 17.2 Å². The summed E-state index contributed by atoms with van der Waals surface area (Å²) in [4.78, 5) is 0. The van der Waals surface area contributed by atoms with Gasteiger partial charge in [0, 0.05) is 12.6 Å². The van der Waals surface area contributed by atoms with Crippen molar-refractivity contribution in [2.45, 2.75) is 13.0 Å². The summed E-state index contributed by atoms with van der Waals surface area (Å²) in [5.74, 6) is 0.852. The number of hydrogen-bond acceptors (Lipinski definition) is 3. The van der Waals surface area contributed by atoms with Gasteiger partial charge in [0.05, 0.1) is 7.11 Å². The van der Waals surface area contributed by atoms with Crippen molar-refractivity contribution in [2.24, 2.45) is 11.5 Å². The molecule has 0 aliphatic rings. The minimum absolute atomic E-state index is 0. The van der Waals surface area contributed by atoms with Crippen molar-refractivity contribution in [3.05, 3.63) is 29.3 Å².